The lowest BCUT2D eigenvalue weighted by molar-refractivity contribution is -0.117. The van der Waals surface area contributed by atoms with Gasteiger partial charge in [0.1, 0.15) is 6.07 Å². The molecule has 10 nitrogen and oxygen atoms in total. The molecule has 1 atom stereocenters. The molecule has 3 heterocycles. The van der Waals surface area contributed by atoms with Crippen LogP contribution in [0.5, 0.6) is 0 Å². The van der Waals surface area contributed by atoms with Crippen molar-refractivity contribution in [2.45, 2.75) is 38.5 Å². The number of nitriles is 1. The third-order valence-corrected chi connectivity index (χ3v) is 5.28. The fraction of sp³-hybridized carbons (Fsp3) is 0.286. The summed E-state index contributed by atoms with van der Waals surface area (Å²) in [5.41, 5.74) is 6.46. The molecule has 1 unspecified atom stereocenters. The van der Waals surface area contributed by atoms with Gasteiger partial charge in [-0.15, -0.1) is 0 Å². The second kappa shape index (κ2) is 7.60. The highest BCUT2D eigenvalue weighted by atomic mass is 16.1. The molecule has 1 aliphatic carbocycles. The summed E-state index contributed by atoms with van der Waals surface area (Å²) in [6, 6.07) is 5.48. The predicted octanol–water partition coefficient (Wildman–Crippen LogP) is 2.76. The van der Waals surface area contributed by atoms with Crippen LogP contribution in [0.25, 0.3) is 5.65 Å². The van der Waals surface area contributed by atoms with Crippen LogP contribution in [0, 0.1) is 23.7 Å². The number of aryl methyl sites for hydroxylation is 1. The van der Waals surface area contributed by atoms with Gasteiger partial charge in [0.15, 0.2) is 11.5 Å². The SMILES string of the molecule is Cc1cc2ncc3c(n2n1)C(C)(C)CC3C(=O)Nc1cnc(N/N=C\C=N)c(C#N)c1. The van der Waals surface area contributed by atoms with Gasteiger partial charge in [-0.1, -0.05) is 13.8 Å². The molecule has 0 saturated heterocycles. The molecular weight excluding hydrogens is 394 g/mol. The lowest BCUT2D eigenvalue weighted by Crippen LogP contribution is -2.21. The number of hydrazone groups is 1. The van der Waals surface area contributed by atoms with Gasteiger partial charge < -0.3 is 10.7 Å². The highest BCUT2D eigenvalue weighted by Gasteiger charge is 2.43. The zero-order chi connectivity index (χ0) is 22.2. The van der Waals surface area contributed by atoms with E-state index in [1.54, 1.807) is 6.20 Å². The number of nitrogens with one attached hydrogen (secondary N) is 3. The van der Waals surface area contributed by atoms with Crippen LogP contribution in [-0.2, 0) is 10.2 Å². The van der Waals surface area contributed by atoms with Crippen molar-refractivity contribution >= 4 is 35.5 Å². The molecule has 0 radical (unpaired) electrons. The summed E-state index contributed by atoms with van der Waals surface area (Å²) in [6.07, 6.45) is 6.06. The third-order valence-electron chi connectivity index (χ3n) is 5.28. The van der Waals surface area contributed by atoms with Gasteiger partial charge in [0, 0.05) is 29.5 Å². The van der Waals surface area contributed by atoms with E-state index >= 15 is 0 Å². The maximum absolute atomic E-state index is 13.2. The molecule has 1 amide bonds. The molecule has 31 heavy (non-hydrogen) atoms. The third kappa shape index (κ3) is 3.61. The van der Waals surface area contributed by atoms with Crippen LogP contribution in [0.4, 0.5) is 11.5 Å². The van der Waals surface area contributed by atoms with Crippen LogP contribution in [0.3, 0.4) is 0 Å². The van der Waals surface area contributed by atoms with E-state index in [0.717, 1.165) is 28.8 Å². The zero-order valence-corrected chi connectivity index (χ0v) is 17.3. The summed E-state index contributed by atoms with van der Waals surface area (Å²) in [4.78, 5) is 21.8. The maximum Gasteiger partial charge on any atom is 0.232 e. The Morgan fingerprint density at radius 1 is 1.39 bits per heavy atom. The molecule has 0 spiro atoms. The lowest BCUT2D eigenvalue weighted by Gasteiger charge is -2.19. The van der Waals surface area contributed by atoms with Crippen molar-refractivity contribution in [1.82, 2.24) is 19.6 Å². The average Bonchev–Trinajstić information content (AvgIpc) is 3.24. The highest BCUT2D eigenvalue weighted by molar-refractivity contribution is 6.14. The number of amides is 1. The summed E-state index contributed by atoms with van der Waals surface area (Å²) in [5.74, 6) is -0.344. The van der Waals surface area contributed by atoms with E-state index in [1.807, 2.05) is 23.6 Å². The number of pyridine rings is 1. The second-order valence-corrected chi connectivity index (χ2v) is 8.04. The van der Waals surface area contributed by atoms with Crippen LogP contribution in [0.1, 0.15) is 48.7 Å². The van der Waals surface area contributed by atoms with Crippen LogP contribution in [0.15, 0.2) is 29.6 Å². The first kappa shape index (κ1) is 20.2. The number of rotatable bonds is 5. The largest absolute Gasteiger partial charge is 0.324 e. The van der Waals surface area contributed by atoms with Gasteiger partial charge in [-0.2, -0.15) is 15.5 Å². The average molecular weight is 415 g/mol. The Balaban J connectivity index is 1.62. The maximum atomic E-state index is 13.2. The molecular formula is C21H21N9O. The first-order valence-electron chi connectivity index (χ1n) is 9.69. The molecule has 3 aromatic heterocycles. The molecule has 0 saturated carbocycles. The minimum absolute atomic E-state index is 0.190. The molecule has 4 rings (SSSR count). The normalized spacial score (nSPS) is 16.8. The monoisotopic (exact) mass is 415 g/mol. The standard InChI is InChI=1S/C21H21N9O/c1-12-6-17-24-11-16-15(8-21(2,3)18(16)30(17)29-12)20(31)27-14-7-13(9-23)19(25-10-14)28-26-5-4-22/h4-7,10-11,15,22H,8H2,1-3H3,(H,25,28)(H,27,31)/b22-4?,26-5-. The molecule has 10 heteroatoms. The molecule has 3 N–H and O–H groups in total. The van der Waals surface area contributed by atoms with E-state index < -0.39 is 5.92 Å². The number of hydrogen-bond donors (Lipinski definition) is 3. The summed E-state index contributed by atoms with van der Waals surface area (Å²) in [5, 5.41) is 27.5. The number of carbonyl (C=O) groups is 1. The summed E-state index contributed by atoms with van der Waals surface area (Å²) >= 11 is 0. The lowest BCUT2D eigenvalue weighted by atomic mass is 9.88. The Kier molecular flexibility index (Phi) is 4.94. The van der Waals surface area contributed by atoms with Crippen molar-refractivity contribution in [3.8, 4) is 6.07 Å². The Labute approximate surface area is 178 Å². The number of hydrogen-bond acceptors (Lipinski definition) is 8. The number of nitrogens with zero attached hydrogens (tertiary/aromatic N) is 6. The number of aromatic nitrogens is 4. The topological polar surface area (TPSA) is 144 Å². The van der Waals surface area contributed by atoms with Crippen molar-refractivity contribution < 1.29 is 4.79 Å². The summed E-state index contributed by atoms with van der Waals surface area (Å²) < 4.78 is 1.84. The van der Waals surface area contributed by atoms with Gasteiger partial charge in [-0.25, -0.2) is 14.5 Å². The van der Waals surface area contributed by atoms with Gasteiger partial charge in [-0.05, 0) is 19.4 Å². The Hall–Kier alpha value is -4.13. The molecule has 3 aromatic rings. The van der Waals surface area contributed by atoms with Crippen molar-refractivity contribution in [1.29, 1.82) is 10.7 Å². The summed E-state index contributed by atoms with van der Waals surface area (Å²) in [7, 11) is 0. The van der Waals surface area contributed by atoms with Crippen LogP contribution >= 0.6 is 0 Å². The van der Waals surface area contributed by atoms with Gasteiger partial charge in [0.2, 0.25) is 5.91 Å². The number of fused-ring (bicyclic) bond motifs is 3. The van der Waals surface area contributed by atoms with Crippen LogP contribution in [-0.4, -0.2) is 37.9 Å². The molecule has 0 aromatic carbocycles. The van der Waals surface area contributed by atoms with E-state index in [9.17, 15) is 10.1 Å². The van der Waals surface area contributed by atoms with Crippen molar-refractivity contribution in [3.63, 3.8) is 0 Å². The molecule has 0 aliphatic heterocycles. The Bertz CT molecular complexity index is 1270. The van der Waals surface area contributed by atoms with E-state index in [1.165, 1.54) is 18.5 Å². The molecule has 156 valence electrons. The van der Waals surface area contributed by atoms with E-state index in [2.05, 4.69) is 44.8 Å². The quantitative estimate of drug-likeness (QED) is 0.432. The fourth-order valence-electron chi connectivity index (χ4n) is 4.02. The van der Waals surface area contributed by atoms with Crippen LogP contribution < -0.4 is 10.7 Å². The molecule has 0 fully saturated rings. The minimum Gasteiger partial charge on any atom is -0.324 e. The van der Waals surface area contributed by atoms with Gasteiger partial charge in [0.05, 0.1) is 41.0 Å². The zero-order valence-electron chi connectivity index (χ0n) is 17.3. The fourth-order valence-corrected chi connectivity index (χ4v) is 4.02. The van der Waals surface area contributed by atoms with E-state index in [0.29, 0.717) is 12.1 Å². The Morgan fingerprint density at radius 2 is 2.19 bits per heavy atom. The number of carbonyl (C=O) groups excluding carboxylic acids is 1. The minimum atomic E-state index is -0.396. The first-order chi connectivity index (χ1) is 14.8. The van der Waals surface area contributed by atoms with E-state index in [-0.39, 0.29) is 22.7 Å². The van der Waals surface area contributed by atoms with Crippen molar-refractivity contribution in [2.75, 3.05) is 10.7 Å². The van der Waals surface area contributed by atoms with Gasteiger partial charge in [-0.3, -0.25) is 10.2 Å². The van der Waals surface area contributed by atoms with Crippen molar-refractivity contribution in [2.24, 2.45) is 5.10 Å². The smallest absolute Gasteiger partial charge is 0.232 e. The molecule has 1 aliphatic rings. The molecule has 0 bridgehead atoms. The highest BCUT2D eigenvalue weighted by Crippen LogP contribution is 2.45. The predicted molar refractivity (Wildman–Crippen MR) is 117 cm³/mol. The number of anilines is 2. The van der Waals surface area contributed by atoms with Gasteiger partial charge in [0.25, 0.3) is 0 Å². The van der Waals surface area contributed by atoms with Gasteiger partial charge >= 0.3 is 0 Å². The van der Waals surface area contributed by atoms with Crippen LogP contribution in [0.2, 0.25) is 0 Å². The first-order valence-corrected chi connectivity index (χ1v) is 9.69. The second-order valence-electron chi connectivity index (χ2n) is 8.04. The van der Waals surface area contributed by atoms with E-state index in [4.69, 9.17) is 5.41 Å². The summed E-state index contributed by atoms with van der Waals surface area (Å²) in [6.45, 7) is 6.11. The van der Waals surface area contributed by atoms with Crippen molar-refractivity contribution in [3.05, 3.63) is 47.0 Å². The Morgan fingerprint density at radius 3 is 2.94 bits per heavy atom.